The van der Waals surface area contributed by atoms with Crippen LogP contribution in [-0.4, -0.2) is 59.5 Å². The summed E-state index contributed by atoms with van der Waals surface area (Å²) in [6.45, 7) is -0.755. The molecule has 1 fully saturated rings. The second-order valence-electron chi connectivity index (χ2n) is 5.15. The van der Waals surface area contributed by atoms with Crippen LogP contribution in [0.2, 0.25) is 0 Å². The largest absolute Gasteiger partial charge is 0.503 e. The Kier molecular flexibility index (Phi) is 4.59. The summed E-state index contributed by atoms with van der Waals surface area (Å²) in [7, 11) is -4.94. The van der Waals surface area contributed by atoms with Crippen LogP contribution in [0.4, 0.5) is 10.5 Å². The topological polar surface area (TPSA) is 195 Å². The van der Waals surface area contributed by atoms with E-state index >= 15 is 0 Å². The van der Waals surface area contributed by atoms with Crippen molar-refractivity contribution in [2.24, 2.45) is 0 Å². The van der Waals surface area contributed by atoms with Crippen LogP contribution in [0.15, 0.2) is 11.1 Å². The lowest BCUT2D eigenvalue weighted by atomic mass is 10.1. The van der Waals surface area contributed by atoms with Crippen molar-refractivity contribution >= 4 is 24.9 Å². The number of halogens is 1. The smallest absolute Gasteiger partial charge is 0.387 e. The number of nitrogens with two attached hydrogens (primary N) is 1. The lowest BCUT2D eigenvalue weighted by Gasteiger charge is -2.16. The number of hydrogen-bond acceptors (Lipinski definition) is 10. The number of nitrogen functional groups attached to an aromatic ring is 1. The molecule has 0 bridgehead atoms. The Balaban J connectivity index is 1.87. The number of imidazole rings is 1. The summed E-state index contributed by atoms with van der Waals surface area (Å²) in [4.78, 5) is 30.6. The van der Waals surface area contributed by atoms with Crippen LogP contribution in [-0.2, 0) is 18.6 Å². The fourth-order valence-corrected chi connectivity index (χ4v) is 2.79. The molecule has 1 saturated heterocycles. The van der Waals surface area contributed by atoms with Gasteiger partial charge in [0.05, 0.1) is 12.9 Å². The highest BCUT2D eigenvalue weighted by Gasteiger charge is 2.45. The van der Waals surface area contributed by atoms with E-state index in [9.17, 15) is 24.1 Å². The van der Waals surface area contributed by atoms with Gasteiger partial charge in [-0.25, -0.2) is 9.55 Å². The zero-order valence-corrected chi connectivity index (χ0v) is 13.1. The zero-order chi connectivity index (χ0) is 18.4. The number of rotatable bonds is 5. The van der Waals surface area contributed by atoms with E-state index in [-0.39, 0.29) is 17.1 Å². The average Bonchev–Trinajstić information content (AvgIpc) is 3.08. The molecule has 0 spiro atoms. The number of aliphatic hydroxyl groups excluding tert-OH is 2. The third kappa shape index (κ3) is 3.28. The van der Waals surface area contributed by atoms with Gasteiger partial charge in [0.25, 0.3) is 5.56 Å². The first-order valence-electron chi connectivity index (χ1n) is 6.75. The number of anilines is 1. The van der Waals surface area contributed by atoms with Gasteiger partial charge >= 0.3 is 7.82 Å². The summed E-state index contributed by atoms with van der Waals surface area (Å²) in [6, 6.07) is 0. The maximum atomic E-state index is 11.8. The maximum absolute atomic E-state index is 11.8. The van der Waals surface area contributed by atoms with Crippen LogP contribution in [0.3, 0.4) is 0 Å². The van der Waals surface area contributed by atoms with Crippen LogP contribution >= 0.6 is 7.82 Å². The Bertz CT molecular complexity index is 888. The molecular weight excluding hydrogens is 368 g/mol. The van der Waals surface area contributed by atoms with Gasteiger partial charge in [-0.05, 0) is 4.53 Å². The predicted molar refractivity (Wildman–Crippen MR) is 76.5 cm³/mol. The van der Waals surface area contributed by atoms with Gasteiger partial charge in [-0.15, -0.1) is 0 Å². The summed E-state index contributed by atoms with van der Waals surface area (Å²) in [5.41, 5.74) is 4.75. The Hall–Kier alpha value is -1.93. The normalized spacial score (nSPS) is 29.1. The predicted octanol–water partition coefficient (Wildman–Crippen LogP) is -1.66. The molecule has 3 heterocycles. The Labute approximate surface area is 137 Å². The van der Waals surface area contributed by atoms with Crippen molar-refractivity contribution in [3.05, 3.63) is 16.7 Å². The molecule has 138 valence electrons. The molecule has 2 aromatic rings. The van der Waals surface area contributed by atoms with E-state index in [1.54, 1.807) is 0 Å². The number of hydrogen-bond donors (Lipinski definition) is 5. The first-order valence-corrected chi connectivity index (χ1v) is 8.24. The van der Waals surface area contributed by atoms with Crippen LogP contribution in [0.5, 0.6) is 0 Å². The molecule has 2 aromatic heterocycles. The quantitative estimate of drug-likeness (QED) is 0.372. The number of H-pyrrole nitrogens is 1. The van der Waals surface area contributed by atoms with Crippen molar-refractivity contribution in [3.63, 3.8) is 0 Å². The van der Waals surface area contributed by atoms with Crippen molar-refractivity contribution in [1.29, 1.82) is 0 Å². The minimum absolute atomic E-state index is 0.0148. The number of phosphoric ester groups is 1. The van der Waals surface area contributed by atoms with E-state index in [0.29, 0.717) is 0 Å². The van der Waals surface area contributed by atoms with E-state index in [0.717, 1.165) is 10.9 Å². The summed E-state index contributed by atoms with van der Waals surface area (Å²) in [5, 5.41) is 20.1. The fraction of sp³-hybridized carbons (Fsp3) is 0.500. The van der Waals surface area contributed by atoms with E-state index in [2.05, 4.69) is 24.2 Å². The molecule has 1 aliphatic heterocycles. The van der Waals surface area contributed by atoms with Crippen molar-refractivity contribution in [2.45, 2.75) is 24.5 Å². The molecule has 15 heteroatoms. The first-order chi connectivity index (χ1) is 11.7. The summed E-state index contributed by atoms with van der Waals surface area (Å²) in [5.74, 6) is -0.200. The van der Waals surface area contributed by atoms with Gasteiger partial charge in [0.2, 0.25) is 5.95 Å². The van der Waals surface area contributed by atoms with Crippen molar-refractivity contribution in [2.75, 3.05) is 12.3 Å². The Morgan fingerprint density at radius 1 is 1.48 bits per heavy atom. The molecule has 1 aliphatic rings. The van der Waals surface area contributed by atoms with Gasteiger partial charge in [0.1, 0.15) is 18.3 Å². The van der Waals surface area contributed by atoms with E-state index in [1.807, 2.05) is 0 Å². The highest BCUT2D eigenvalue weighted by molar-refractivity contribution is 7.47. The molecule has 25 heavy (non-hydrogen) atoms. The number of nitrogens with zero attached hydrogens (tertiary/aromatic N) is 3. The molecule has 0 amide bonds. The number of aliphatic hydroxyl groups is 2. The zero-order valence-electron chi connectivity index (χ0n) is 12.2. The summed E-state index contributed by atoms with van der Waals surface area (Å²) in [6.07, 6.45) is -4.50. The molecule has 0 saturated carbocycles. The minimum atomic E-state index is -4.94. The lowest BCUT2D eigenvalue weighted by Crippen LogP contribution is -2.33. The Morgan fingerprint density at radius 2 is 2.20 bits per heavy atom. The van der Waals surface area contributed by atoms with Crippen molar-refractivity contribution in [3.8, 4) is 0 Å². The molecule has 13 nitrogen and oxygen atoms in total. The van der Waals surface area contributed by atoms with Crippen molar-refractivity contribution < 1.29 is 38.2 Å². The third-order valence-corrected chi connectivity index (χ3v) is 4.20. The fourth-order valence-electron chi connectivity index (χ4n) is 2.41. The standard InChI is InChI=1S/C10H13FN5O8P/c11-24-25(20,21)22-1-3-5(17)6(18)9(23-3)16-2-13-4-7(16)14-10(12)15-8(4)19/h2-3,5-6,9,17-18H,1H2,(H,20,21)(H3,12,14,15,19)/t3-,5?,6?,9-/m1/s1. The van der Waals surface area contributed by atoms with E-state index < -0.39 is 44.5 Å². The molecule has 0 aliphatic carbocycles. The summed E-state index contributed by atoms with van der Waals surface area (Å²) < 4.78 is 36.3. The number of aromatic nitrogens is 4. The molecular formula is C10H13FN5O8P. The third-order valence-electron chi connectivity index (χ3n) is 3.55. The number of aromatic amines is 1. The van der Waals surface area contributed by atoms with E-state index in [1.165, 1.54) is 0 Å². The number of nitrogens with one attached hydrogen (secondary N) is 1. The lowest BCUT2D eigenvalue weighted by molar-refractivity contribution is -0.0746. The first kappa shape index (κ1) is 17.9. The summed E-state index contributed by atoms with van der Waals surface area (Å²) >= 11 is 0. The molecule has 6 N–H and O–H groups in total. The molecule has 3 unspecified atom stereocenters. The molecule has 0 radical (unpaired) electrons. The van der Waals surface area contributed by atoms with Crippen LogP contribution < -0.4 is 11.3 Å². The van der Waals surface area contributed by atoms with Gasteiger partial charge in [0.15, 0.2) is 17.4 Å². The van der Waals surface area contributed by atoms with Gasteiger partial charge < -0.3 is 25.6 Å². The highest BCUT2D eigenvalue weighted by atomic mass is 31.2. The van der Waals surface area contributed by atoms with Crippen molar-refractivity contribution in [1.82, 2.24) is 19.5 Å². The van der Waals surface area contributed by atoms with Crippen LogP contribution in [0, 0.1) is 0 Å². The van der Waals surface area contributed by atoms with Gasteiger partial charge in [-0.1, -0.05) is 4.73 Å². The highest BCUT2D eigenvalue weighted by Crippen LogP contribution is 2.44. The number of phosphoric acid groups is 1. The number of ether oxygens (including phenoxy) is 1. The number of fused-ring (bicyclic) bond motifs is 1. The van der Waals surface area contributed by atoms with E-state index in [4.69, 9.17) is 15.4 Å². The van der Waals surface area contributed by atoms with Gasteiger partial charge in [-0.3, -0.25) is 18.9 Å². The average molecular weight is 381 g/mol. The molecule has 5 atom stereocenters. The van der Waals surface area contributed by atoms with Crippen LogP contribution in [0.1, 0.15) is 6.23 Å². The minimum Gasteiger partial charge on any atom is -0.387 e. The van der Waals surface area contributed by atoms with Crippen LogP contribution in [0.25, 0.3) is 11.2 Å². The molecule has 0 aromatic carbocycles. The SMILES string of the molecule is Nc1nc2c(ncn2[C@@H]2O[C@H](COP(=O)(O)OF)C(O)C2O)c(=O)[nH]1. The Morgan fingerprint density at radius 3 is 2.88 bits per heavy atom. The monoisotopic (exact) mass is 381 g/mol. The second kappa shape index (κ2) is 6.42. The van der Waals surface area contributed by atoms with Gasteiger partial charge in [-0.2, -0.15) is 4.98 Å². The second-order valence-corrected chi connectivity index (χ2v) is 6.49. The molecule has 3 rings (SSSR count). The van der Waals surface area contributed by atoms with Gasteiger partial charge in [0, 0.05) is 0 Å². The maximum Gasteiger partial charge on any atom is 0.503 e.